The summed E-state index contributed by atoms with van der Waals surface area (Å²) in [6, 6.07) is 9.48. The zero-order chi connectivity index (χ0) is 24.8. The fourth-order valence-electron chi connectivity index (χ4n) is 4.70. The maximum absolute atomic E-state index is 12.6. The van der Waals surface area contributed by atoms with Crippen molar-refractivity contribution in [3.05, 3.63) is 69.8 Å². The summed E-state index contributed by atoms with van der Waals surface area (Å²) in [5.41, 5.74) is 2.58. The summed E-state index contributed by atoms with van der Waals surface area (Å²) in [7, 11) is 5.18. The molecule has 2 aromatic carbocycles. The topological polar surface area (TPSA) is 105 Å². The molecule has 0 aliphatic heterocycles. The molecule has 0 spiro atoms. The maximum Gasteiger partial charge on any atom is 0.338 e. The molecule has 3 rings (SSSR count). The molecular weight excluding hydrogens is 440 g/mol. The molecule has 8 heteroatoms. The van der Waals surface area contributed by atoms with Crippen molar-refractivity contribution in [3.63, 3.8) is 0 Å². The van der Waals surface area contributed by atoms with Gasteiger partial charge in [-0.2, -0.15) is 0 Å². The van der Waals surface area contributed by atoms with Crippen molar-refractivity contribution in [2.45, 2.75) is 37.5 Å². The molecule has 1 aliphatic carbocycles. The summed E-state index contributed by atoms with van der Waals surface area (Å²) in [5.74, 6) is -2.52. The highest BCUT2D eigenvalue weighted by atomic mass is 16.5. The predicted molar refractivity (Wildman–Crippen MR) is 122 cm³/mol. The summed E-state index contributed by atoms with van der Waals surface area (Å²) < 4.78 is 19.7. The van der Waals surface area contributed by atoms with Gasteiger partial charge in [-0.05, 0) is 72.2 Å². The Kier molecular flexibility index (Phi) is 8.04. The third-order valence-electron chi connectivity index (χ3n) is 6.32. The third-order valence-corrected chi connectivity index (χ3v) is 6.32. The summed E-state index contributed by atoms with van der Waals surface area (Å²) in [5, 5.41) is 0. The van der Waals surface area contributed by atoms with Gasteiger partial charge in [0.05, 0.1) is 50.7 Å². The lowest BCUT2D eigenvalue weighted by atomic mass is 9.70. The molecule has 2 unspecified atom stereocenters. The first kappa shape index (κ1) is 25.0. The predicted octanol–water partition coefficient (Wildman–Crippen LogP) is 4.27. The first-order valence-electron chi connectivity index (χ1n) is 11.0. The van der Waals surface area contributed by atoms with Gasteiger partial charge in [-0.1, -0.05) is 12.8 Å². The Bertz CT molecular complexity index is 1020. The second kappa shape index (κ2) is 11.0. The van der Waals surface area contributed by atoms with Crippen molar-refractivity contribution in [3.8, 4) is 0 Å². The second-order valence-corrected chi connectivity index (χ2v) is 8.07. The van der Waals surface area contributed by atoms with E-state index in [0.717, 1.165) is 12.8 Å². The normalized spacial score (nSPS) is 17.4. The fourth-order valence-corrected chi connectivity index (χ4v) is 4.70. The van der Waals surface area contributed by atoms with Crippen LogP contribution >= 0.6 is 0 Å². The summed E-state index contributed by atoms with van der Waals surface area (Å²) in [6.07, 6.45) is 3.22. The van der Waals surface area contributed by atoms with E-state index in [0.29, 0.717) is 46.2 Å². The molecule has 34 heavy (non-hydrogen) atoms. The monoisotopic (exact) mass is 468 g/mol. The number of rotatable bonds is 6. The van der Waals surface area contributed by atoms with Gasteiger partial charge in [-0.3, -0.25) is 0 Å². The molecule has 2 aromatic rings. The van der Waals surface area contributed by atoms with Crippen molar-refractivity contribution < 1.29 is 38.1 Å². The van der Waals surface area contributed by atoms with E-state index in [-0.39, 0.29) is 11.8 Å². The van der Waals surface area contributed by atoms with Crippen LogP contribution in [0.3, 0.4) is 0 Å². The smallest absolute Gasteiger partial charge is 0.338 e. The molecule has 180 valence electrons. The van der Waals surface area contributed by atoms with Gasteiger partial charge in [0.2, 0.25) is 0 Å². The lowest BCUT2D eigenvalue weighted by molar-refractivity contribution is 0.0583. The van der Waals surface area contributed by atoms with Crippen molar-refractivity contribution >= 4 is 23.9 Å². The van der Waals surface area contributed by atoms with Crippen LogP contribution < -0.4 is 0 Å². The molecule has 8 nitrogen and oxygen atoms in total. The molecule has 0 N–H and O–H groups in total. The molecule has 0 radical (unpaired) electrons. The van der Waals surface area contributed by atoms with Crippen LogP contribution in [0.4, 0.5) is 0 Å². The molecule has 0 aromatic heterocycles. The van der Waals surface area contributed by atoms with E-state index in [9.17, 15) is 19.2 Å². The molecule has 2 atom stereocenters. The molecule has 1 aliphatic rings. The number of methoxy groups -OCH3 is 4. The highest BCUT2D eigenvalue weighted by Gasteiger charge is 2.34. The van der Waals surface area contributed by atoms with Gasteiger partial charge in [0.15, 0.2) is 0 Å². The van der Waals surface area contributed by atoms with Gasteiger partial charge in [-0.15, -0.1) is 0 Å². The van der Waals surface area contributed by atoms with Gasteiger partial charge >= 0.3 is 23.9 Å². The lowest BCUT2D eigenvalue weighted by Crippen LogP contribution is -2.22. The van der Waals surface area contributed by atoms with E-state index in [2.05, 4.69) is 0 Å². The van der Waals surface area contributed by atoms with E-state index < -0.39 is 23.9 Å². The standard InChI is InChI=1S/C26H28O8/c1-31-23(27)15-9-11-19(25(29)33-3)21(13-15)17-7-5-6-8-18(17)22-14-16(24(28)32-2)10-12-20(22)26(30)34-4/h9-14,17-18H,5-8H2,1-4H3. The van der Waals surface area contributed by atoms with Crippen LogP contribution in [0.25, 0.3) is 0 Å². The molecule has 0 bridgehead atoms. The average Bonchev–Trinajstić information content (AvgIpc) is 2.90. The Morgan fingerprint density at radius 3 is 1.26 bits per heavy atom. The molecular formula is C26H28O8. The number of ether oxygens (including phenoxy) is 4. The van der Waals surface area contributed by atoms with E-state index in [4.69, 9.17) is 18.9 Å². The number of carbonyl (C=O) groups is 4. The minimum Gasteiger partial charge on any atom is -0.465 e. The molecule has 0 heterocycles. The summed E-state index contributed by atoms with van der Waals surface area (Å²) >= 11 is 0. The number of esters is 4. The zero-order valence-corrected chi connectivity index (χ0v) is 19.7. The molecule has 0 saturated heterocycles. The van der Waals surface area contributed by atoms with Crippen LogP contribution in [0.5, 0.6) is 0 Å². The number of hydrogen-bond acceptors (Lipinski definition) is 8. The molecule has 0 amide bonds. The number of carbonyl (C=O) groups excluding carboxylic acids is 4. The van der Waals surface area contributed by atoms with Gasteiger partial charge in [0.1, 0.15) is 0 Å². The van der Waals surface area contributed by atoms with E-state index in [1.165, 1.54) is 40.6 Å². The van der Waals surface area contributed by atoms with Crippen LogP contribution in [0.15, 0.2) is 36.4 Å². The third kappa shape index (κ3) is 4.95. The van der Waals surface area contributed by atoms with Crippen molar-refractivity contribution in [1.29, 1.82) is 0 Å². The first-order valence-corrected chi connectivity index (χ1v) is 11.0. The van der Waals surface area contributed by atoms with E-state index in [1.807, 2.05) is 0 Å². The SMILES string of the molecule is COC(=O)c1ccc(C(=O)OC)c(C2CCCCC2c2cc(C(=O)OC)ccc2C(=O)OC)c1. The average molecular weight is 469 g/mol. The van der Waals surface area contributed by atoms with Crippen LogP contribution in [0.1, 0.15) is 90.1 Å². The van der Waals surface area contributed by atoms with Crippen LogP contribution in [-0.4, -0.2) is 52.3 Å². The highest BCUT2D eigenvalue weighted by molar-refractivity contribution is 5.96. The Balaban J connectivity index is 2.21. The van der Waals surface area contributed by atoms with E-state index >= 15 is 0 Å². The number of benzene rings is 2. The largest absolute Gasteiger partial charge is 0.465 e. The van der Waals surface area contributed by atoms with Crippen molar-refractivity contribution in [2.75, 3.05) is 28.4 Å². The van der Waals surface area contributed by atoms with Crippen LogP contribution in [0, 0.1) is 0 Å². The molecule has 1 saturated carbocycles. The quantitative estimate of drug-likeness (QED) is 0.457. The minimum atomic E-state index is -0.521. The summed E-state index contributed by atoms with van der Waals surface area (Å²) in [6.45, 7) is 0. The first-order chi connectivity index (χ1) is 16.4. The summed E-state index contributed by atoms with van der Waals surface area (Å²) in [4.78, 5) is 49.7. The van der Waals surface area contributed by atoms with Crippen molar-refractivity contribution in [2.24, 2.45) is 0 Å². The maximum atomic E-state index is 12.6. The molecule has 1 fully saturated rings. The zero-order valence-electron chi connectivity index (χ0n) is 19.7. The Hall–Kier alpha value is -3.68. The van der Waals surface area contributed by atoms with Crippen LogP contribution in [-0.2, 0) is 18.9 Å². The van der Waals surface area contributed by atoms with Gasteiger partial charge in [0.25, 0.3) is 0 Å². The van der Waals surface area contributed by atoms with Gasteiger partial charge < -0.3 is 18.9 Å². The van der Waals surface area contributed by atoms with Crippen molar-refractivity contribution in [1.82, 2.24) is 0 Å². The van der Waals surface area contributed by atoms with E-state index in [1.54, 1.807) is 24.3 Å². The van der Waals surface area contributed by atoms with Gasteiger partial charge in [-0.25, -0.2) is 19.2 Å². The number of hydrogen-bond donors (Lipinski definition) is 0. The Labute approximate surface area is 198 Å². The van der Waals surface area contributed by atoms with Crippen LogP contribution in [0.2, 0.25) is 0 Å². The Morgan fingerprint density at radius 2 is 0.941 bits per heavy atom. The lowest BCUT2D eigenvalue weighted by Gasteiger charge is -2.34. The van der Waals surface area contributed by atoms with Gasteiger partial charge in [0, 0.05) is 0 Å². The minimum absolute atomic E-state index is 0.219. The second-order valence-electron chi connectivity index (χ2n) is 8.07. The fraction of sp³-hybridized carbons (Fsp3) is 0.385. The Morgan fingerprint density at radius 1 is 0.588 bits per heavy atom. The highest BCUT2D eigenvalue weighted by Crippen LogP contribution is 2.46.